The van der Waals surface area contributed by atoms with Gasteiger partial charge in [-0.1, -0.05) is 61.9 Å². The lowest BCUT2D eigenvalue weighted by molar-refractivity contribution is 0.494. The first kappa shape index (κ1) is 15.6. The van der Waals surface area contributed by atoms with Gasteiger partial charge in [0.1, 0.15) is 0 Å². The van der Waals surface area contributed by atoms with Crippen molar-refractivity contribution in [2.45, 2.75) is 26.2 Å². The molecule has 0 aliphatic heterocycles. The van der Waals surface area contributed by atoms with Gasteiger partial charge in [-0.2, -0.15) is 0 Å². The zero-order valence-electron chi connectivity index (χ0n) is 12.9. The summed E-state index contributed by atoms with van der Waals surface area (Å²) >= 11 is 0. The van der Waals surface area contributed by atoms with Crippen molar-refractivity contribution in [2.75, 3.05) is 18.4 Å². The SMILES string of the molecule is CCC(CN)CCNc1ccccc1Cc1ccccc1. The average molecular weight is 282 g/mol. The van der Waals surface area contributed by atoms with E-state index in [0.29, 0.717) is 5.92 Å². The van der Waals surface area contributed by atoms with Crippen LogP contribution in [0.3, 0.4) is 0 Å². The van der Waals surface area contributed by atoms with E-state index in [0.717, 1.165) is 32.4 Å². The fourth-order valence-electron chi connectivity index (χ4n) is 2.56. The lowest BCUT2D eigenvalue weighted by atomic mass is 10.0. The van der Waals surface area contributed by atoms with E-state index in [1.807, 2.05) is 0 Å². The Balaban J connectivity index is 1.97. The van der Waals surface area contributed by atoms with Crippen LogP contribution in [0.5, 0.6) is 0 Å². The molecule has 0 amide bonds. The molecule has 2 rings (SSSR count). The Bertz CT molecular complexity index is 518. The molecule has 0 heterocycles. The second-order valence-corrected chi connectivity index (χ2v) is 5.54. The molecule has 0 saturated carbocycles. The Hall–Kier alpha value is -1.80. The zero-order chi connectivity index (χ0) is 14.9. The zero-order valence-corrected chi connectivity index (χ0v) is 12.9. The quantitative estimate of drug-likeness (QED) is 0.766. The number of benzene rings is 2. The summed E-state index contributed by atoms with van der Waals surface area (Å²) in [5.74, 6) is 0.624. The maximum Gasteiger partial charge on any atom is 0.0376 e. The van der Waals surface area contributed by atoms with Crippen molar-refractivity contribution in [1.82, 2.24) is 0 Å². The molecule has 0 radical (unpaired) electrons. The van der Waals surface area contributed by atoms with E-state index in [2.05, 4.69) is 66.8 Å². The van der Waals surface area contributed by atoms with E-state index in [9.17, 15) is 0 Å². The molecule has 0 aliphatic rings. The van der Waals surface area contributed by atoms with Gasteiger partial charge in [0.2, 0.25) is 0 Å². The summed E-state index contributed by atoms with van der Waals surface area (Å²) in [5.41, 5.74) is 9.71. The average Bonchev–Trinajstić information content (AvgIpc) is 2.54. The van der Waals surface area contributed by atoms with Crippen LogP contribution in [0.4, 0.5) is 5.69 Å². The van der Waals surface area contributed by atoms with Crippen LogP contribution in [0, 0.1) is 5.92 Å². The van der Waals surface area contributed by atoms with Gasteiger partial charge < -0.3 is 11.1 Å². The Kier molecular flexibility index (Phi) is 6.29. The van der Waals surface area contributed by atoms with Crippen LogP contribution >= 0.6 is 0 Å². The number of nitrogens with one attached hydrogen (secondary N) is 1. The second kappa shape index (κ2) is 8.48. The smallest absolute Gasteiger partial charge is 0.0376 e. The van der Waals surface area contributed by atoms with Gasteiger partial charge in [0.05, 0.1) is 0 Å². The lowest BCUT2D eigenvalue weighted by Crippen LogP contribution is -2.17. The fourth-order valence-corrected chi connectivity index (χ4v) is 2.56. The molecule has 112 valence electrons. The van der Waals surface area contributed by atoms with Gasteiger partial charge in [-0.3, -0.25) is 0 Å². The summed E-state index contributed by atoms with van der Waals surface area (Å²) in [6, 6.07) is 19.2. The molecule has 2 nitrogen and oxygen atoms in total. The Morgan fingerprint density at radius 3 is 2.43 bits per heavy atom. The van der Waals surface area contributed by atoms with Crippen molar-refractivity contribution >= 4 is 5.69 Å². The first-order valence-corrected chi connectivity index (χ1v) is 7.89. The van der Waals surface area contributed by atoms with Gasteiger partial charge in [-0.05, 0) is 42.5 Å². The van der Waals surface area contributed by atoms with E-state index >= 15 is 0 Å². The predicted octanol–water partition coefficient (Wildman–Crippen LogP) is 4.06. The number of hydrogen-bond acceptors (Lipinski definition) is 2. The van der Waals surface area contributed by atoms with Crippen LogP contribution in [0.15, 0.2) is 54.6 Å². The summed E-state index contributed by atoms with van der Waals surface area (Å²) in [6.45, 7) is 3.98. The van der Waals surface area contributed by atoms with Crippen LogP contribution in [0.25, 0.3) is 0 Å². The molecule has 0 saturated heterocycles. The molecule has 1 unspecified atom stereocenters. The van der Waals surface area contributed by atoms with Gasteiger partial charge in [0.15, 0.2) is 0 Å². The lowest BCUT2D eigenvalue weighted by Gasteiger charge is -2.15. The number of hydrogen-bond donors (Lipinski definition) is 2. The molecule has 0 spiro atoms. The summed E-state index contributed by atoms with van der Waals surface area (Å²) < 4.78 is 0. The Morgan fingerprint density at radius 2 is 1.71 bits per heavy atom. The van der Waals surface area contributed by atoms with Crippen LogP contribution in [-0.2, 0) is 6.42 Å². The third-order valence-electron chi connectivity index (χ3n) is 4.03. The molecule has 0 aliphatic carbocycles. The molecule has 0 bridgehead atoms. The third-order valence-corrected chi connectivity index (χ3v) is 4.03. The van der Waals surface area contributed by atoms with Crippen molar-refractivity contribution in [3.63, 3.8) is 0 Å². The molecule has 2 heteroatoms. The molecule has 0 aromatic heterocycles. The highest BCUT2D eigenvalue weighted by Gasteiger charge is 2.05. The Morgan fingerprint density at radius 1 is 1.00 bits per heavy atom. The first-order chi connectivity index (χ1) is 10.3. The van der Waals surface area contributed by atoms with Crippen LogP contribution in [0.1, 0.15) is 30.9 Å². The molecule has 21 heavy (non-hydrogen) atoms. The molecule has 1 atom stereocenters. The molecular weight excluding hydrogens is 256 g/mol. The summed E-state index contributed by atoms with van der Waals surface area (Å²) in [5, 5.41) is 3.58. The maximum absolute atomic E-state index is 5.77. The van der Waals surface area contributed by atoms with Crippen LogP contribution in [0.2, 0.25) is 0 Å². The molecule has 2 aromatic carbocycles. The highest BCUT2D eigenvalue weighted by molar-refractivity contribution is 5.52. The van der Waals surface area contributed by atoms with Crippen molar-refractivity contribution < 1.29 is 0 Å². The minimum atomic E-state index is 0.624. The number of para-hydroxylation sites is 1. The highest BCUT2D eigenvalue weighted by atomic mass is 14.9. The van der Waals surface area contributed by atoms with Gasteiger partial charge in [0, 0.05) is 12.2 Å². The van der Waals surface area contributed by atoms with Crippen molar-refractivity contribution in [3.8, 4) is 0 Å². The second-order valence-electron chi connectivity index (χ2n) is 5.54. The molecule has 3 N–H and O–H groups in total. The van der Waals surface area contributed by atoms with Crippen molar-refractivity contribution in [3.05, 3.63) is 65.7 Å². The standard InChI is InChI=1S/C19H26N2/c1-2-16(15-20)12-13-21-19-11-7-6-10-18(19)14-17-8-4-3-5-9-17/h3-11,16,21H,2,12-15,20H2,1H3. The van der Waals surface area contributed by atoms with Crippen molar-refractivity contribution in [2.24, 2.45) is 11.7 Å². The number of rotatable bonds is 8. The van der Waals surface area contributed by atoms with E-state index in [-0.39, 0.29) is 0 Å². The topological polar surface area (TPSA) is 38.0 Å². The Labute approximate surface area is 128 Å². The van der Waals surface area contributed by atoms with E-state index in [1.165, 1.54) is 16.8 Å². The summed E-state index contributed by atoms with van der Waals surface area (Å²) in [7, 11) is 0. The van der Waals surface area contributed by atoms with Gasteiger partial charge in [0.25, 0.3) is 0 Å². The van der Waals surface area contributed by atoms with E-state index in [1.54, 1.807) is 0 Å². The van der Waals surface area contributed by atoms with Crippen molar-refractivity contribution in [1.29, 1.82) is 0 Å². The normalized spacial score (nSPS) is 12.1. The largest absolute Gasteiger partial charge is 0.385 e. The first-order valence-electron chi connectivity index (χ1n) is 7.89. The molecule has 0 fully saturated rings. The predicted molar refractivity (Wildman–Crippen MR) is 91.6 cm³/mol. The van der Waals surface area contributed by atoms with E-state index in [4.69, 9.17) is 5.73 Å². The summed E-state index contributed by atoms with van der Waals surface area (Å²) in [4.78, 5) is 0. The van der Waals surface area contributed by atoms with Gasteiger partial charge in [-0.25, -0.2) is 0 Å². The minimum absolute atomic E-state index is 0.624. The fraction of sp³-hybridized carbons (Fsp3) is 0.368. The summed E-state index contributed by atoms with van der Waals surface area (Å²) in [6.07, 6.45) is 3.26. The number of nitrogens with two attached hydrogens (primary N) is 1. The minimum Gasteiger partial charge on any atom is -0.385 e. The van der Waals surface area contributed by atoms with Crippen LogP contribution in [-0.4, -0.2) is 13.1 Å². The van der Waals surface area contributed by atoms with Gasteiger partial charge in [-0.15, -0.1) is 0 Å². The third kappa shape index (κ3) is 4.91. The highest BCUT2D eigenvalue weighted by Crippen LogP contribution is 2.19. The van der Waals surface area contributed by atoms with E-state index < -0.39 is 0 Å². The monoisotopic (exact) mass is 282 g/mol. The van der Waals surface area contributed by atoms with Gasteiger partial charge >= 0.3 is 0 Å². The molecule has 2 aromatic rings. The molecular formula is C19H26N2. The number of anilines is 1. The maximum atomic E-state index is 5.77. The van der Waals surface area contributed by atoms with Crippen LogP contribution < -0.4 is 11.1 Å².